The molecule has 1 rings (SSSR count). The number of aliphatic imine (C=N–C) groups is 1. The molecule has 0 aromatic carbocycles. The molecule has 0 aromatic heterocycles. The van der Waals surface area contributed by atoms with Crippen LogP contribution in [0.2, 0.25) is 0 Å². The molecule has 0 fully saturated rings. The Balaban J connectivity index is 2.69. The largest absolute Gasteiger partial charge is 0.269 e. The zero-order valence-electron chi connectivity index (χ0n) is 4.34. The highest BCUT2D eigenvalue weighted by molar-refractivity contribution is 6.68. The lowest BCUT2D eigenvalue weighted by molar-refractivity contribution is 1.26. The predicted octanol–water partition coefficient (Wildman–Crippen LogP) is 1.75. The monoisotopic (exact) mass is 127 g/mol. The first-order valence-electron chi connectivity index (χ1n) is 2.43. The van der Waals surface area contributed by atoms with Gasteiger partial charge in [0.1, 0.15) is 5.17 Å². The second-order valence-electron chi connectivity index (χ2n) is 1.45. The van der Waals surface area contributed by atoms with Crippen LogP contribution in [-0.4, -0.2) is 11.7 Å². The fraction of sp³-hybridized carbons (Fsp3) is 0.167. The number of hydrogen-bond acceptors (Lipinski definition) is 1. The second kappa shape index (κ2) is 2.68. The molecule has 1 nitrogen and oxygen atoms in total. The van der Waals surface area contributed by atoms with E-state index < -0.39 is 0 Å². The van der Waals surface area contributed by atoms with Crippen LogP contribution < -0.4 is 0 Å². The van der Waals surface area contributed by atoms with E-state index in [1.165, 1.54) is 0 Å². The van der Waals surface area contributed by atoms with Crippen LogP contribution in [-0.2, 0) is 0 Å². The summed E-state index contributed by atoms with van der Waals surface area (Å²) in [5.41, 5.74) is 0. The Labute approximate surface area is 53.4 Å². The first kappa shape index (κ1) is 5.57. The van der Waals surface area contributed by atoms with E-state index >= 15 is 0 Å². The molecule has 0 radical (unpaired) electrons. The SMILES string of the molecule is ClC1=NCC=CC=C1. The van der Waals surface area contributed by atoms with Crippen molar-refractivity contribution in [2.24, 2.45) is 4.99 Å². The Morgan fingerprint density at radius 2 is 2.38 bits per heavy atom. The standard InChI is InChI=1S/C6H6ClN/c7-6-4-2-1-3-5-8-6/h1-4H,5H2. The third kappa shape index (κ3) is 1.51. The van der Waals surface area contributed by atoms with E-state index in [2.05, 4.69) is 4.99 Å². The maximum atomic E-state index is 5.54. The molecular formula is C6H6ClN. The molecule has 0 aromatic rings. The van der Waals surface area contributed by atoms with Gasteiger partial charge in [-0.25, -0.2) is 0 Å². The summed E-state index contributed by atoms with van der Waals surface area (Å²) in [6.45, 7) is 0.700. The first-order valence-corrected chi connectivity index (χ1v) is 2.80. The summed E-state index contributed by atoms with van der Waals surface area (Å²) in [6, 6.07) is 0. The molecule has 8 heavy (non-hydrogen) atoms. The Kier molecular flexibility index (Phi) is 1.86. The van der Waals surface area contributed by atoms with Crippen LogP contribution in [0.3, 0.4) is 0 Å². The second-order valence-corrected chi connectivity index (χ2v) is 1.84. The lowest BCUT2D eigenvalue weighted by Crippen LogP contribution is -1.78. The molecule has 0 bridgehead atoms. The molecule has 2 heteroatoms. The van der Waals surface area contributed by atoms with Gasteiger partial charge in [-0.3, -0.25) is 4.99 Å². The van der Waals surface area contributed by atoms with Gasteiger partial charge >= 0.3 is 0 Å². The maximum absolute atomic E-state index is 5.54. The minimum absolute atomic E-state index is 0.579. The number of halogens is 1. The van der Waals surface area contributed by atoms with E-state index in [1.54, 1.807) is 6.08 Å². The quantitative estimate of drug-likeness (QED) is 0.470. The molecule has 0 aliphatic carbocycles. The molecule has 1 aliphatic rings. The fourth-order valence-electron chi connectivity index (χ4n) is 0.467. The van der Waals surface area contributed by atoms with Gasteiger partial charge < -0.3 is 0 Å². The third-order valence-corrected chi connectivity index (χ3v) is 1.07. The molecule has 1 heterocycles. The number of hydrogen-bond donors (Lipinski definition) is 0. The van der Waals surface area contributed by atoms with E-state index in [0.29, 0.717) is 11.7 Å². The predicted molar refractivity (Wildman–Crippen MR) is 36.4 cm³/mol. The van der Waals surface area contributed by atoms with Crippen molar-refractivity contribution in [3.05, 3.63) is 24.3 Å². The van der Waals surface area contributed by atoms with Crippen LogP contribution in [0.5, 0.6) is 0 Å². The van der Waals surface area contributed by atoms with Crippen LogP contribution >= 0.6 is 11.6 Å². The van der Waals surface area contributed by atoms with Gasteiger partial charge in [0, 0.05) is 0 Å². The Morgan fingerprint density at radius 1 is 1.50 bits per heavy atom. The highest BCUT2D eigenvalue weighted by atomic mass is 35.5. The van der Waals surface area contributed by atoms with Gasteiger partial charge in [-0.15, -0.1) is 0 Å². The smallest absolute Gasteiger partial charge is 0.123 e. The van der Waals surface area contributed by atoms with Crippen molar-refractivity contribution >= 4 is 16.8 Å². The van der Waals surface area contributed by atoms with Crippen molar-refractivity contribution in [2.75, 3.05) is 6.54 Å². The van der Waals surface area contributed by atoms with Crippen molar-refractivity contribution in [3.8, 4) is 0 Å². The van der Waals surface area contributed by atoms with E-state index in [1.807, 2.05) is 18.2 Å². The summed E-state index contributed by atoms with van der Waals surface area (Å²) in [5.74, 6) is 0. The molecule has 0 saturated heterocycles. The molecule has 0 saturated carbocycles. The molecule has 0 N–H and O–H groups in total. The van der Waals surface area contributed by atoms with Crippen molar-refractivity contribution in [2.45, 2.75) is 0 Å². The molecular weight excluding hydrogens is 122 g/mol. The lowest BCUT2D eigenvalue weighted by atomic mass is 10.5. The summed E-state index contributed by atoms with van der Waals surface area (Å²) < 4.78 is 0. The highest BCUT2D eigenvalue weighted by Gasteiger charge is 1.84. The lowest BCUT2D eigenvalue weighted by Gasteiger charge is -1.80. The average Bonchev–Trinajstić information content (AvgIpc) is 1.94. The van der Waals surface area contributed by atoms with Crippen LogP contribution in [0.1, 0.15) is 0 Å². The normalized spacial score (nSPS) is 17.9. The molecule has 42 valence electrons. The molecule has 0 spiro atoms. The Morgan fingerprint density at radius 3 is 3.25 bits per heavy atom. The van der Waals surface area contributed by atoms with Crippen molar-refractivity contribution < 1.29 is 0 Å². The van der Waals surface area contributed by atoms with E-state index in [4.69, 9.17) is 11.6 Å². The van der Waals surface area contributed by atoms with Crippen LogP contribution in [0.15, 0.2) is 29.3 Å². The average molecular weight is 128 g/mol. The van der Waals surface area contributed by atoms with Crippen molar-refractivity contribution in [1.82, 2.24) is 0 Å². The van der Waals surface area contributed by atoms with Gasteiger partial charge in [0.15, 0.2) is 0 Å². The Hall–Kier alpha value is -0.560. The van der Waals surface area contributed by atoms with Crippen LogP contribution in [0, 0.1) is 0 Å². The fourth-order valence-corrected chi connectivity index (χ4v) is 0.609. The highest BCUT2D eigenvalue weighted by Crippen LogP contribution is 1.93. The van der Waals surface area contributed by atoms with E-state index in [-0.39, 0.29) is 0 Å². The van der Waals surface area contributed by atoms with Gasteiger partial charge in [0.25, 0.3) is 0 Å². The molecule has 0 atom stereocenters. The number of nitrogens with zero attached hydrogens (tertiary/aromatic N) is 1. The van der Waals surface area contributed by atoms with Gasteiger partial charge in [-0.05, 0) is 6.08 Å². The van der Waals surface area contributed by atoms with E-state index in [0.717, 1.165) is 0 Å². The first-order chi connectivity index (χ1) is 3.89. The molecule has 1 aliphatic heterocycles. The zero-order valence-corrected chi connectivity index (χ0v) is 5.10. The van der Waals surface area contributed by atoms with Crippen LogP contribution in [0.4, 0.5) is 0 Å². The topological polar surface area (TPSA) is 12.4 Å². The minimum Gasteiger partial charge on any atom is -0.269 e. The van der Waals surface area contributed by atoms with E-state index in [9.17, 15) is 0 Å². The number of allylic oxidation sites excluding steroid dienone is 3. The van der Waals surface area contributed by atoms with Gasteiger partial charge in [0.05, 0.1) is 6.54 Å². The van der Waals surface area contributed by atoms with Crippen LogP contribution in [0.25, 0.3) is 0 Å². The summed E-state index contributed by atoms with van der Waals surface area (Å²) in [6.07, 6.45) is 7.52. The van der Waals surface area contributed by atoms with Gasteiger partial charge in [0.2, 0.25) is 0 Å². The summed E-state index contributed by atoms with van der Waals surface area (Å²) in [7, 11) is 0. The summed E-state index contributed by atoms with van der Waals surface area (Å²) in [5, 5.41) is 0.579. The third-order valence-electron chi connectivity index (χ3n) is 0.829. The van der Waals surface area contributed by atoms with Crippen molar-refractivity contribution in [1.29, 1.82) is 0 Å². The number of rotatable bonds is 0. The van der Waals surface area contributed by atoms with Crippen molar-refractivity contribution in [3.63, 3.8) is 0 Å². The molecule has 0 unspecified atom stereocenters. The maximum Gasteiger partial charge on any atom is 0.123 e. The minimum atomic E-state index is 0.579. The van der Waals surface area contributed by atoms with Gasteiger partial charge in [-0.1, -0.05) is 29.8 Å². The summed E-state index contributed by atoms with van der Waals surface area (Å²) >= 11 is 5.54. The summed E-state index contributed by atoms with van der Waals surface area (Å²) in [4.78, 5) is 3.93. The van der Waals surface area contributed by atoms with Gasteiger partial charge in [-0.2, -0.15) is 0 Å². The zero-order chi connectivity index (χ0) is 5.82. The molecule has 0 amide bonds. The Bertz CT molecular complexity index is 153.